The first-order chi connectivity index (χ1) is 4.66. The van der Waals surface area contributed by atoms with Crippen LogP contribution in [0.5, 0.6) is 0 Å². The minimum absolute atomic E-state index is 0.218. The van der Waals surface area contributed by atoms with Gasteiger partial charge < -0.3 is 4.79 Å². The molecule has 0 heterocycles. The molecular formula is C9H16O. The van der Waals surface area contributed by atoms with Crippen LogP contribution in [0.25, 0.3) is 0 Å². The predicted octanol–water partition coefficient (Wildman–Crippen LogP) is 2.57. The van der Waals surface area contributed by atoms with Crippen LogP contribution >= 0.6 is 0 Å². The molecule has 0 bridgehead atoms. The van der Waals surface area contributed by atoms with Gasteiger partial charge in [-0.25, -0.2) is 0 Å². The Labute approximate surface area is 63.1 Å². The van der Waals surface area contributed by atoms with E-state index in [-0.39, 0.29) is 5.92 Å². The molecule has 0 radical (unpaired) electrons. The summed E-state index contributed by atoms with van der Waals surface area (Å²) in [6, 6.07) is 0. The molecule has 1 nitrogen and oxygen atoms in total. The van der Waals surface area contributed by atoms with Crippen molar-refractivity contribution in [2.24, 2.45) is 5.92 Å². The first kappa shape index (κ1) is 9.41. The van der Waals surface area contributed by atoms with Crippen molar-refractivity contribution in [3.05, 3.63) is 11.6 Å². The lowest BCUT2D eigenvalue weighted by Gasteiger charge is -1.98. The normalized spacial score (nSPS) is 12.3. The number of hydrogen-bond acceptors (Lipinski definition) is 1. The summed E-state index contributed by atoms with van der Waals surface area (Å²) in [5.41, 5.74) is 1.33. The maximum absolute atomic E-state index is 10.2. The molecule has 58 valence electrons. The summed E-state index contributed by atoms with van der Waals surface area (Å²) >= 11 is 0. The summed E-state index contributed by atoms with van der Waals surface area (Å²) in [4.78, 5) is 10.2. The van der Waals surface area contributed by atoms with Crippen LogP contribution < -0.4 is 0 Å². The Morgan fingerprint density at radius 2 is 2.10 bits per heavy atom. The van der Waals surface area contributed by atoms with Crippen molar-refractivity contribution in [1.82, 2.24) is 0 Å². The van der Waals surface area contributed by atoms with Crippen molar-refractivity contribution < 1.29 is 4.79 Å². The van der Waals surface area contributed by atoms with Gasteiger partial charge in [-0.15, -0.1) is 0 Å². The maximum atomic E-state index is 10.2. The highest BCUT2D eigenvalue weighted by Crippen LogP contribution is 2.04. The van der Waals surface area contributed by atoms with E-state index >= 15 is 0 Å². The van der Waals surface area contributed by atoms with Gasteiger partial charge in [-0.05, 0) is 26.7 Å². The minimum atomic E-state index is 0.218. The summed E-state index contributed by atoms with van der Waals surface area (Å²) in [5, 5.41) is 0. The average Bonchev–Trinajstić information content (AvgIpc) is 1.87. The molecule has 0 aliphatic rings. The zero-order valence-corrected chi connectivity index (χ0v) is 7.05. The number of carbonyl (C=O) groups excluding carboxylic acids is 1. The van der Waals surface area contributed by atoms with Gasteiger partial charge >= 0.3 is 0 Å². The zero-order valence-electron chi connectivity index (χ0n) is 7.05. The number of aldehydes is 1. The molecule has 0 amide bonds. The molecule has 0 aliphatic heterocycles. The Morgan fingerprint density at radius 3 is 2.50 bits per heavy atom. The molecule has 0 saturated carbocycles. The molecular weight excluding hydrogens is 124 g/mol. The van der Waals surface area contributed by atoms with Crippen LogP contribution in [0.4, 0.5) is 0 Å². The third kappa shape index (κ3) is 5.54. The van der Waals surface area contributed by atoms with E-state index in [9.17, 15) is 4.79 Å². The highest BCUT2D eigenvalue weighted by molar-refractivity contribution is 5.52. The molecule has 0 aromatic carbocycles. The summed E-state index contributed by atoms with van der Waals surface area (Å²) < 4.78 is 0. The molecule has 0 aliphatic carbocycles. The molecule has 1 heteroatoms. The zero-order chi connectivity index (χ0) is 7.98. The SMILES string of the molecule is CC(C)=CCC[C@H](C)C=O. The van der Waals surface area contributed by atoms with Crippen LogP contribution in [-0.2, 0) is 4.79 Å². The summed E-state index contributed by atoms with van der Waals surface area (Å²) in [6.45, 7) is 6.10. The Balaban J connectivity index is 3.36. The van der Waals surface area contributed by atoms with E-state index in [0.717, 1.165) is 19.1 Å². The van der Waals surface area contributed by atoms with Gasteiger partial charge in [0.1, 0.15) is 6.29 Å². The van der Waals surface area contributed by atoms with Crippen LogP contribution in [0.2, 0.25) is 0 Å². The van der Waals surface area contributed by atoms with Gasteiger partial charge in [0, 0.05) is 5.92 Å². The van der Waals surface area contributed by atoms with Crippen LogP contribution in [0, 0.1) is 5.92 Å². The molecule has 0 aromatic heterocycles. The smallest absolute Gasteiger partial charge is 0.122 e. The topological polar surface area (TPSA) is 17.1 Å². The summed E-state index contributed by atoms with van der Waals surface area (Å²) in [7, 11) is 0. The van der Waals surface area contributed by atoms with E-state index in [1.165, 1.54) is 5.57 Å². The fourth-order valence-electron chi connectivity index (χ4n) is 0.703. The Kier molecular flexibility index (Phi) is 4.91. The van der Waals surface area contributed by atoms with Crippen molar-refractivity contribution in [1.29, 1.82) is 0 Å². The number of allylic oxidation sites excluding steroid dienone is 2. The van der Waals surface area contributed by atoms with E-state index in [2.05, 4.69) is 19.9 Å². The average molecular weight is 140 g/mol. The van der Waals surface area contributed by atoms with Crippen LogP contribution in [-0.4, -0.2) is 6.29 Å². The number of carbonyl (C=O) groups is 1. The fraction of sp³-hybridized carbons (Fsp3) is 0.667. The molecule has 0 unspecified atom stereocenters. The lowest BCUT2D eigenvalue weighted by atomic mass is 10.1. The van der Waals surface area contributed by atoms with Crippen molar-refractivity contribution in [2.75, 3.05) is 0 Å². The van der Waals surface area contributed by atoms with E-state index in [1.54, 1.807) is 0 Å². The predicted molar refractivity (Wildman–Crippen MR) is 43.9 cm³/mol. The largest absolute Gasteiger partial charge is 0.303 e. The molecule has 0 saturated heterocycles. The second-order valence-electron chi connectivity index (χ2n) is 2.97. The standard InChI is InChI=1S/C9H16O/c1-8(2)5-4-6-9(3)7-10/h5,7,9H,4,6H2,1-3H3/t9-/m0/s1. The van der Waals surface area contributed by atoms with Crippen molar-refractivity contribution in [3.8, 4) is 0 Å². The van der Waals surface area contributed by atoms with Gasteiger partial charge in [-0.1, -0.05) is 18.6 Å². The van der Waals surface area contributed by atoms with E-state index in [1.807, 2.05) is 6.92 Å². The monoisotopic (exact) mass is 140 g/mol. The Bertz CT molecular complexity index is 121. The van der Waals surface area contributed by atoms with E-state index in [4.69, 9.17) is 0 Å². The van der Waals surface area contributed by atoms with Crippen LogP contribution in [0.1, 0.15) is 33.6 Å². The lowest BCUT2D eigenvalue weighted by molar-refractivity contribution is -0.110. The first-order valence-electron chi connectivity index (χ1n) is 3.75. The first-order valence-corrected chi connectivity index (χ1v) is 3.75. The van der Waals surface area contributed by atoms with Gasteiger partial charge in [0.05, 0.1) is 0 Å². The second kappa shape index (κ2) is 5.21. The second-order valence-corrected chi connectivity index (χ2v) is 2.97. The highest BCUT2D eigenvalue weighted by Gasteiger charge is 1.95. The minimum Gasteiger partial charge on any atom is -0.303 e. The third-order valence-electron chi connectivity index (χ3n) is 1.41. The van der Waals surface area contributed by atoms with Crippen molar-refractivity contribution >= 4 is 6.29 Å². The molecule has 0 spiro atoms. The molecule has 0 N–H and O–H groups in total. The van der Waals surface area contributed by atoms with Crippen LogP contribution in [0.3, 0.4) is 0 Å². The van der Waals surface area contributed by atoms with Crippen LogP contribution in [0.15, 0.2) is 11.6 Å². The van der Waals surface area contributed by atoms with E-state index in [0.29, 0.717) is 0 Å². The maximum Gasteiger partial charge on any atom is 0.122 e. The number of rotatable bonds is 4. The Morgan fingerprint density at radius 1 is 1.50 bits per heavy atom. The van der Waals surface area contributed by atoms with Gasteiger partial charge in [0.25, 0.3) is 0 Å². The molecule has 0 fully saturated rings. The molecule has 0 rings (SSSR count). The highest BCUT2D eigenvalue weighted by atomic mass is 16.1. The summed E-state index contributed by atoms with van der Waals surface area (Å²) in [5.74, 6) is 0.218. The molecule has 10 heavy (non-hydrogen) atoms. The third-order valence-corrected chi connectivity index (χ3v) is 1.41. The number of hydrogen-bond donors (Lipinski definition) is 0. The fourth-order valence-corrected chi connectivity index (χ4v) is 0.703. The van der Waals surface area contributed by atoms with Gasteiger partial charge in [-0.2, -0.15) is 0 Å². The summed E-state index contributed by atoms with van der Waals surface area (Å²) in [6.07, 6.45) is 5.19. The molecule has 1 atom stereocenters. The Hall–Kier alpha value is -0.590. The molecule has 0 aromatic rings. The van der Waals surface area contributed by atoms with Gasteiger partial charge in [0.15, 0.2) is 0 Å². The van der Waals surface area contributed by atoms with Crippen molar-refractivity contribution in [3.63, 3.8) is 0 Å². The lowest BCUT2D eigenvalue weighted by Crippen LogP contribution is -1.93. The van der Waals surface area contributed by atoms with Crippen molar-refractivity contribution in [2.45, 2.75) is 33.6 Å². The van der Waals surface area contributed by atoms with Gasteiger partial charge in [0.2, 0.25) is 0 Å². The van der Waals surface area contributed by atoms with E-state index < -0.39 is 0 Å². The van der Waals surface area contributed by atoms with Gasteiger partial charge in [-0.3, -0.25) is 0 Å². The quantitative estimate of drug-likeness (QED) is 0.433.